The number of aliphatic imine (C=N–C) groups is 1. The molecule has 0 aromatic heterocycles. The Labute approximate surface area is 165 Å². The number of rotatable bonds is 3. The average Bonchev–Trinajstić information content (AvgIpc) is 3.08. The molecule has 2 heterocycles. The van der Waals surface area contributed by atoms with Gasteiger partial charge in [0.1, 0.15) is 0 Å². The van der Waals surface area contributed by atoms with Crippen molar-refractivity contribution in [1.82, 2.24) is 0 Å². The average molecular weight is 401 g/mol. The summed E-state index contributed by atoms with van der Waals surface area (Å²) in [6.07, 6.45) is 0. The summed E-state index contributed by atoms with van der Waals surface area (Å²) in [5, 5.41) is 0.939. The lowest BCUT2D eigenvalue weighted by Gasteiger charge is -2.28. The molecule has 0 bridgehead atoms. The van der Waals surface area contributed by atoms with Crippen molar-refractivity contribution in [1.29, 1.82) is 0 Å². The van der Waals surface area contributed by atoms with E-state index in [1.807, 2.05) is 0 Å². The van der Waals surface area contributed by atoms with Crippen LogP contribution >= 0.6 is 11.8 Å². The van der Waals surface area contributed by atoms with Gasteiger partial charge in [-0.25, -0.2) is 8.42 Å². The highest BCUT2D eigenvalue weighted by Gasteiger charge is 2.47. The van der Waals surface area contributed by atoms with Crippen LogP contribution < -0.4 is 4.90 Å². The predicted octanol–water partition coefficient (Wildman–Crippen LogP) is 3.89. The summed E-state index contributed by atoms with van der Waals surface area (Å²) in [5.74, 6) is 1.17. The molecule has 2 aliphatic heterocycles. The zero-order chi connectivity index (χ0) is 19.2. The summed E-state index contributed by atoms with van der Waals surface area (Å²) >= 11 is 1.70. The Balaban J connectivity index is 1.65. The Kier molecular flexibility index (Phi) is 4.80. The van der Waals surface area contributed by atoms with Gasteiger partial charge in [-0.15, -0.1) is 0 Å². The van der Waals surface area contributed by atoms with Crippen LogP contribution in [0.25, 0.3) is 0 Å². The third kappa shape index (κ3) is 3.78. The Morgan fingerprint density at radius 1 is 1.04 bits per heavy atom. The van der Waals surface area contributed by atoms with Crippen LogP contribution in [0.1, 0.15) is 22.3 Å². The van der Waals surface area contributed by atoms with Crippen LogP contribution in [-0.2, 0) is 15.6 Å². The fraction of sp³-hybridized carbons (Fsp3) is 0.381. The summed E-state index contributed by atoms with van der Waals surface area (Å²) in [5.41, 5.74) is 5.89. The number of fused-ring (bicyclic) bond motifs is 1. The summed E-state index contributed by atoms with van der Waals surface area (Å²) < 4.78 is 24.4. The third-order valence-electron chi connectivity index (χ3n) is 5.22. The molecule has 4 rings (SSSR count). The molecule has 2 atom stereocenters. The van der Waals surface area contributed by atoms with Gasteiger partial charge >= 0.3 is 0 Å². The van der Waals surface area contributed by atoms with E-state index in [2.05, 4.69) is 68.1 Å². The molecular formula is C21H24N2O2S2. The molecule has 4 nitrogen and oxygen atoms in total. The smallest absolute Gasteiger partial charge is 0.164 e. The van der Waals surface area contributed by atoms with Gasteiger partial charge in [0.05, 0.1) is 23.6 Å². The van der Waals surface area contributed by atoms with Gasteiger partial charge in [0.25, 0.3) is 0 Å². The molecule has 1 saturated heterocycles. The molecule has 2 aromatic carbocycles. The van der Waals surface area contributed by atoms with Crippen LogP contribution in [0.3, 0.4) is 0 Å². The number of aryl methyl sites for hydroxylation is 3. The zero-order valence-electron chi connectivity index (χ0n) is 15.8. The fourth-order valence-electron chi connectivity index (χ4n) is 3.73. The highest BCUT2D eigenvalue weighted by molar-refractivity contribution is 8.13. The second kappa shape index (κ2) is 6.99. The van der Waals surface area contributed by atoms with Gasteiger partial charge in [0, 0.05) is 11.4 Å². The van der Waals surface area contributed by atoms with E-state index >= 15 is 0 Å². The molecule has 27 heavy (non-hydrogen) atoms. The number of anilines is 1. The van der Waals surface area contributed by atoms with Gasteiger partial charge in [-0.3, -0.25) is 4.99 Å². The lowest BCUT2D eigenvalue weighted by Crippen LogP contribution is -2.39. The van der Waals surface area contributed by atoms with Crippen LogP contribution in [0, 0.1) is 20.8 Å². The van der Waals surface area contributed by atoms with Crippen molar-refractivity contribution in [3.63, 3.8) is 0 Å². The molecule has 142 valence electrons. The first-order valence-electron chi connectivity index (χ1n) is 9.15. The third-order valence-corrected chi connectivity index (χ3v) is 7.96. The lowest BCUT2D eigenvalue weighted by atomic mass is 10.1. The Hall–Kier alpha value is -1.79. The molecule has 1 fully saturated rings. The monoisotopic (exact) mass is 400 g/mol. The van der Waals surface area contributed by atoms with Crippen molar-refractivity contribution in [2.24, 2.45) is 4.99 Å². The minimum Gasteiger partial charge on any atom is -0.315 e. The predicted molar refractivity (Wildman–Crippen MR) is 115 cm³/mol. The van der Waals surface area contributed by atoms with Crippen LogP contribution in [0.4, 0.5) is 5.69 Å². The van der Waals surface area contributed by atoms with Gasteiger partial charge in [-0.1, -0.05) is 53.7 Å². The van der Waals surface area contributed by atoms with Crippen LogP contribution in [0.5, 0.6) is 0 Å². The maximum Gasteiger partial charge on any atom is 0.164 e. The quantitative estimate of drug-likeness (QED) is 0.784. The van der Waals surface area contributed by atoms with E-state index in [9.17, 15) is 8.42 Å². The van der Waals surface area contributed by atoms with E-state index in [1.165, 1.54) is 16.7 Å². The van der Waals surface area contributed by atoms with E-state index < -0.39 is 9.84 Å². The summed E-state index contributed by atoms with van der Waals surface area (Å²) in [7, 11) is -3.02. The van der Waals surface area contributed by atoms with Crippen molar-refractivity contribution in [3.05, 3.63) is 64.7 Å². The molecule has 2 aromatic rings. The first-order chi connectivity index (χ1) is 12.8. The van der Waals surface area contributed by atoms with Crippen molar-refractivity contribution in [2.45, 2.75) is 38.6 Å². The van der Waals surface area contributed by atoms with Gasteiger partial charge in [-0.05, 0) is 43.5 Å². The molecule has 0 amide bonds. The number of hydrogen-bond donors (Lipinski definition) is 0. The van der Waals surface area contributed by atoms with E-state index in [0.717, 1.165) is 22.2 Å². The number of nitrogens with zero attached hydrogens (tertiary/aromatic N) is 2. The highest BCUT2D eigenvalue weighted by Crippen LogP contribution is 2.37. The largest absolute Gasteiger partial charge is 0.315 e. The fourth-order valence-corrected chi connectivity index (χ4v) is 6.64. The lowest BCUT2D eigenvalue weighted by molar-refractivity contribution is 0.601. The standard InChI is InChI=1S/C21H24N2O2S2/c1-14-5-8-17(9-6-14)11-26-21-22-18-12-27(24,25)13-20(18)23(21)19-10-15(2)4-7-16(19)3/h4-10,18,20H,11-13H2,1-3H3/t18-,20+/m1/s1. The normalized spacial score (nSPS) is 23.4. The maximum atomic E-state index is 12.2. The van der Waals surface area contributed by atoms with E-state index in [4.69, 9.17) is 4.99 Å². The number of amidine groups is 1. The summed E-state index contributed by atoms with van der Waals surface area (Å²) in [6, 6.07) is 14.6. The van der Waals surface area contributed by atoms with E-state index in [-0.39, 0.29) is 23.6 Å². The molecule has 0 spiro atoms. The second-order valence-electron chi connectivity index (χ2n) is 7.56. The first-order valence-corrected chi connectivity index (χ1v) is 12.0. The van der Waals surface area contributed by atoms with Gasteiger partial charge in [-0.2, -0.15) is 0 Å². The number of benzene rings is 2. The Morgan fingerprint density at radius 2 is 1.74 bits per heavy atom. The SMILES string of the molecule is Cc1ccc(CSC2=N[C@@H]3CS(=O)(=O)C[C@@H]3N2c2cc(C)ccc2C)cc1. The Morgan fingerprint density at radius 3 is 2.48 bits per heavy atom. The number of thioether (sulfide) groups is 1. The molecular weight excluding hydrogens is 376 g/mol. The van der Waals surface area contributed by atoms with E-state index in [1.54, 1.807) is 11.8 Å². The molecule has 2 aliphatic rings. The Bertz CT molecular complexity index is 997. The van der Waals surface area contributed by atoms with Gasteiger partial charge < -0.3 is 4.90 Å². The summed E-state index contributed by atoms with van der Waals surface area (Å²) in [6.45, 7) is 6.23. The maximum absolute atomic E-state index is 12.2. The topological polar surface area (TPSA) is 49.7 Å². The minimum atomic E-state index is -3.02. The molecule has 0 aliphatic carbocycles. The number of sulfone groups is 1. The first kappa shape index (κ1) is 18.6. The van der Waals surface area contributed by atoms with Crippen LogP contribution in [-0.4, -0.2) is 37.2 Å². The second-order valence-corrected chi connectivity index (χ2v) is 10.7. The molecule has 6 heteroatoms. The van der Waals surface area contributed by atoms with Crippen LogP contribution in [0.15, 0.2) is 47.5 Å². The minimum absolute atomic E-state index is 0.0870. The number of hydrogen-bond acceptors (Lipinski definition) is 5. The molecule has 0 unspecified atom stereocenters. The van der Waals surface area contributed by atoms with Crippen molar-refractivity contribution in [2.75, 3.05) is 16.4 Å². The summed E-state index contributed by atoms with van der Waals surface area (Å²) in [4.78, 5) is 7.01. The van der Waals surface area contributed by atoms with E-state index in [0.29, 0.717) is 0 Å². The van der Waals surface area contributed by atoms with Crippen molar-refractivity contribution in [3.8, 4) is 0 Å². The van der Waals surface area contributed by atoms with Gasteiger partial charge in [0.2, 0.25) is 0 Å². The van der Waals surface area contributed by atoms with Crippen molar-refractivity contribution >= 4 is 32.5 Å². The van der Waals surface area contributed by atoms with Crippen LogP contribution in [0.2, 0.25) is 0 Å². The zero-order valence-corrected chi connectivity index (χ0v) is 17.5. The molecule has 0 radical (unpaired) electrons. The van der Waals surface area contributed by atoms with Crippen molar-refractivity contribution < 1.29 is 8.42 Å². The molecule has 0 saturated carbocycles. The highest BCUT2D eigenvalue weighted by atomic mass is 32.2. The van der Waals surface area contributed by atoms with Gasteiger partial charge in [0.15, 0.2) is 15.0 Å². The molecule has 0 N–H and O–H groups in total.